The van der Waals surface area contributed by atoms with Gasteiger partial charge in [0.15, 0.2) is 0 Å². The SMILES string of the molecule is CCCCCN(CCCN)C(CC)(CC)CO. The topological polar surface area (TPSA) is 49.5 Å². The number of unbranched alkanes of at least 4 members (excludes halogenated alkanes) is 2. The smallest absolute Gasteiger partial charge is 0.0615 e. The molecule has 0 rings (SSSR count). The van der Waals surface area contributed by atoms with Crippen LogP contribution in [0.5, 0.6) is 0 Å². The highest BCUT2D eigenvalue weighted by Crippen LogP contribution is 2.24. The largest absolute Gasteiger partial charge is 0.394 e. The Kier molecular flexibility index (Phi) is 9.79. The van der Waals surface area contributed by atoms with Crippen LogP contribution >= 0.6 is 0 Å². The first-order valence-corrected chi connectivity index (χ1v) is 7.26. The quantitative estimate of drug-likeness (QED) is 0.549. The molecule has 0 atom stereocenters. The molecule has 0 aromatic rings. The van der Waals surface area contributed by atoms with Gasteiger partial charge in [-0.05, 0) is 45.3 Å². The van der Waals surface area contributed by atoms with Crippen LogP contribution in [0.2, 0.25) is 0 Å². The lowest BCUT2D eigenvalue weighted by molar-refractivity contribution is 0.0204. The molecule has 0 heterocycles. The van der Waals surface area contributed by atoms with E-state index in [-0.39, 0.29) is 12.1 Å². The zero-order valence-corrected chi connectivity index (χ0v) is 12.0. The molecule has 104 valence electrons. The van der Waals surface area contributed by atoms with Crippen molar-refractivity contribution in [3.8, 4) is 0 Å². The maximum absolute atomic E-state index is 9.73. The molecule has 3 N–H and O–H groups in total. The molecular weight excluding hydrogens is 212 g/mol. The molecule has 0 saturated heterocycles. The summed E-state index contributed by atoms with van der Waals surface area (Å²) in [5.41, 5.74) is 5.59. The summed E-state index contributed by atoms with van der Waals surface area (Å²) in [5.74, 6) is 0. The first-order chi connectivity index (χ1) is 8.20. The van der Waals surface area contributed by atoms with Crippen molar-refractivity contribution in [1.82, 2.24) is 4.90 Å². The second kappa shape index (κ2) is 9.86. The van der Waals surface area contributed by atoms with Crippen molar-refractivity contribution in [2.45, 2.75) is 64.8 Å². The summed E-state index contributed by atoms with van der Waals surface area (Å²) in [7, 11) is 0. The van der Waals surface area contributed by atoms with Crippen molar-refractivity contribution >= 4 is 0 Å². The molecule has 0 amide bonds. The highest BCUT2D eigenvalue weighted by molar-refractivity contribution is 4.88. The Balaban J connectivity index is 4.48. The summed E-state index contributed by atoms with van der Waals surface area (Å²) in [6.45, 7) is 9.68. The lowest BCUT2D eigenvalue weighted by Gasteiger charge is -2.42. The van der Waals surface area contributed by atoms with Crippen LogP contribution in [0.15, 0.2) is 0 Å². The molecule has 0 aliphatic carbocycles. The van der Waals surface area contributed by atoms with Crippen LogP contribution < -0.4 is 5.73 Å². The average molecular weight is 244 g/mol. The monoisotopic (exact) mass is 244 g/mol. The molecule has 0 bridgehead atoms. The fourth-order valence-electron chi connectivity index (χ4n) is 2.44. The van der Waals surface area contributed by atoms with Crippen LogP contribution in [0.25, 0.3) is 0 Å². The molecule has 0 spiro atoms. The number of aliphatic hydroxyl groups is 1. The van der Waals surface area contributed by atoms with Gasteiger partial charge in [0.25, 0.3) is 0 Å². The van der Waals surface area contributed by atoms with Crippen LogP contribution in [0, 0.1) is 0 Å². The number of rotatable bonds is 11. The summed E-state index contributed by atoms with van der Waals surface area (Å²) in [5, 5.41) is 9.73. The summed E-state index contributed by atoms with van der Waals surface area (Å²) in [6.07, 6.45) is 6.78. The molecular formula is C14H32N2O. The third kappa shape index (κ3) is 5.36. The van der Waals surface area contributed by atoms with Crippen LogP contribution in [-0.4, -0.2) is 41.8 Å². The third-order valence-corrected chi connectivity index (χ3v) is 3.95. The lowest BCUT2D eigenvalue weighted by Crippen LogP contribution is -2.51. The Hall–Kier alpha value is -0.120. The highest BCUT2D eigenvalue weighted by atomic mass is 16.3. The Morgan fingerprint density at radius 3 is 2.00 bits per heavy atom. The van der Waals surface area contributed by atoms with E-state index < -0.39 is 0 Å². The molecule has 3 nitrogen and oxygen atoms in total. The van der Waals surface area contributed by atoms with Crippen LogP contribution in [0.4, 0.5) is 0 Å². The highest BCUT2D eigenvalue weighted by Gasteiger charge is 2.31. The number of hydrogen-bond donors (Lipinski definition) is 2. The summed E-state index contributed by atoms with van der Waals surface area (Å²) in [6, 6.07) is 0. The second-order valence-corrected chi connectivity index (χ2v) is 4.93. The fraction of sp³-hybridized carbons (Fsp3) is 1.00. The van der Waals surface area contributed by atoms with E-state index in [9.17, 15) is 5.11 Å². The molecule has 0 aliphatic heterocycles. The predicted octanol–water partition coefficient (Wildman–Crippen LogP) is 2.38. The summed E-state index contributed by atoms with van der Waals surface area (Å²) < 4.78 is 0. The van der Waals surface area contributed by atoms with Crippen LogP contribution in [0.3, 0.4) is 0 Å². The fourth-order valence-corrected chi connectivity index (χ4v) is 2.44. The molecule has 0 radical (unpaired) electrons. The van der Waals surface area contributed by atoms with E-state index in [1.807, 2.05) is 0 Å². The molecule has 3 heteroatoms. The van der Waals surface area contributed by atoms with Gasteiger partial charge in [0.2, 0.25) is 0 Å². The maximum Gasteiger partial charge on any atom is 0.0615 e. The lowest BCUT2D eigenvalue weighted by atomic mass is 9.90. The van der Waals surface area contributed by atoms with Crippen molar-refractivity contribution in [2.24, 2.45) is 5.73 Å². The molecule has 0 aromatic carbocycles. The minimum atomic E-state index is -0.0249. The van der Waals surface area contributed by atoms with Gasteiger partial charge in [0.05, 0.1) is 6.61 Å². The normalized spacial score (nSPS) is 12.4. The minimum Gasteiger partial charge on any atom is -0.394 e. The van der Waals surface area contributed by atoms with E-state index in [1.54, 1.807) is 0 Å². The zero-order valence-electron chi connectivity index (χ0n) is 12.0. The van der Waals surface area contributed by atoms with Gasteiger partial charge in [-0.1, -0.05) is 33.6 Å². The molecule has 0 aromatic heterocycles. The van der Waals surface area contributed by atoms with E-state index in [1.165, 1.54) is 19.3 Å². The van der Waals surface area contributed by atoms with E-state index in [4.69, 9.17) is 5.73 Å². The van der Waals surface area contributed by atoms with Crippen molar-refractivity contribution in [3.05, 3.63) is 0 Å². The van der Waals surface area contributed by atoms with E-state index in [0.29, 0.717) is 0 Å². The maximum atomic E-state index is 9.73. The Labute approximate surface area is 107 Å². The first-order valence-electron chi connectivity index (χ1n) is 7.26. The number of aliphatic hydroxyl groups excluding tert-OH is 1. The van der Waals surface area contributed by atoms with Gasteiger partial charge in [0.1, 0.15) is 0 Å². The minimum absolute atomic E-state index is 0.0249. The van der Waals surface area contributed by atoms with Gasteiger partial charge < -0.3 is 10.8 Å². The van der Waals surface area contributed by atoms with Crippen molar-refractivity contribution in [1.29, 1.82) is 0 Å². The summed E-state index contributed by atoms with van der Waals surface area (Å²) >= 11 is 0. The Morgan fingerprint density at radius 1 is 1.00 bits per heavy atom. The molecule has 17 heavy (non-hydrogen) atoms. The van der Waals surface area contributed by atoms with Gasteiger partial charge >= 0.3 is 0 Å². The van der Waals surface area contributed by atoms with Crippen LogP contribution in [-0.2, 0) is 0 Å². The summed E-state index contributed by atoms with van der Waals surface area (Å²) in [4.78, 5) is 2.47. The predicted molar refractivity (Wildman–Crippen MR) is 75.2 cm³/mol. The van der Waals surface area contributed by atoms with Gasteiger partial charge in [-0.25, -0.2) is 0 Å². The van der Waals surface area contributed by atoms with Crippen LogP contribution in [0.1, 0.15) is 59.3 Å². The molecule has 0 saturated carbocycles. The van der Waals surface area contributed by atoms with E-state index >= 15 is 0 Å². The number of nitrogens with zero attached hydrogens (tertiary/aromatic N) is 1. The Morgan fingerprint density at radius 2 is 1.59 bits per heavy atom. The van der Waals surface area contributed by atoms with E-state index in [0.717, 1.165) is 38.9 Å². The van der Waals surface area contributed by atoms with Crippen molar-refractivity contribution < 1.29 is 5.11 Å². The van der Waals surface area contributed by atoms with Crippen molar-refractivity contribution in [3.63, 3.8) is 0 Å². The van der Waals surface area contributed by atoms with E-state index in [2.05, 4.69) is 25.7 Å². The number of hydrogen-bond acceptors (Lipinski definition) is 3. The van der Waals surface area contributed by atoms with Gasteiger partial charge in [-0.3, -0.25) is 4.90 Å². The first kappa shape index (κ1) is 16.9. The zero-order chi connectivity index (χ0) is 13.1. The van der Waals surface area contributed by atoms with Gasteiger partial charge in [-0.2, -0.15) is 0 Å². The molecule has 0 unspecified atom stereocenters. The molecule has 0 fully saturated rings. The van der Waals surface area contributed by atoms with Crippen molar-refractivity contribution in [2.75, 3.05) is 26.2 Å². The second-order valence-electron chi connectivity index (χ2n) is 4.93. The van der Waals surface area contributed by atoms with Gasteiger partial charge in [0, 0.05) is 5.54 Å². The standard InChI is InChI=1S/C14H32N2O/c1-4-7-8-11-16(12-9-10-15)14(5-2,6-3)13-17/h17H,4-13,15H2,1-3H3. The Bertz CT molecular complexity index is 161. The molecule has 0 aliphatic rings. The van der Waals surface area contributed by atoms with Gasteiger partial charge in [-0.15, -0.1) is 0 Å². The number of nitrogens with two attached hydrogens (primary N) is 1. The third-order valence-electron chi connectivity index (χ3n) is 3.95. The average Bonchev–Trinajstić information content (AvgIpc) is 2.37.